The van der Waals surface area contributed by atoms with Gasteiger partial charge < -0.3 is 9.47 Å². The van der Waals surface area contributed by atoms with Crippen molar-refractivity contribution in [3.63, 3.8) is 0 Å². The van der Waals surface area contributed by atoms with E-state index in [1.807, 2.05) is 18.3 Å². The Labute approximate surface area is 134 Å². The Morgan fingerprint density at radius 1 is 1.26 bits per heavy atom. The maximum Gasteiger partial charge on any atom is 0.302 e. The van der Waals surface area contributed by atoms with E-state index < -0.39 is 0 Å². The molecule has 4 rings (SSSR count). The summed E-state index contributed by atoms with van der Waals surface area (Å²) in [5, 5.41) is 0. The summed E-state index contributed by atoms with van der Waals surface area (Å²) in [5.41, 5.74) is 3.13. The fourth-order valence-electron chi connectivity index (χ4n) is 3.02. The number of ether oxygens (including phenoxy) is 2. The van der Waals surface area contributed by atoms with Crippen molar-refractivity contribution >= 4 is 11.8 Å². The summed E-state index contributed by atoms with van der Waals surface area (Å²) in [5.74, 6) is 1.64. The molecule has 0 saturated carbocycles. The van der Waals surface area contributed by atoms with Crippen molar-refractivity contribution in [3.05, 3.63) is 53.1 Å². The zero-order valence-electron chi connectivity index (χ0n) is 13.0. The van der Waals surface area contributed by atoms with Crippen LogP contribution in [0.5, 0.6) is 5.75 Å². The monoisotopic (exact) mass is 310 g/mol. The standard InChI is InChI=1S/C18H18N2O3/c1-2-12-3-6-14(7-4-12)22-11-15-10-20-17-13(5-8-16(17)21)9-19-18(20)23-15/h3-4,6-7,10H,2,5,8-9,11H2,1H3. The molecule has 0 fully saturated rings. The highest BCUT2D eigenvalue weighted by Gasteiger charge is 2.36. The highest BCUT2D eigenvalue weighted by molar-refractivity contribution is 6.03. The van der Waals surface area contributed by atoms with E-state index in [1.54, 1.807) is 4.90 Å². The lowest BCUT2D eigenvalue weighted by molar-refractivity contribution is -0.115. The van der Waals surface area contributed by atoms with E-state index >= 15 is 0 Å². The number of Topliss-reactive ketones (excluding diaryl/α,β-unsaturated/α-hetero) is 1. The fraction of sp³-hybridized carbons (Fsp3) is 0.333. The Kier molecular flexibility index (Phi) is 3.41. The molecule has 0 bridgehead atoms. The molecule has 0 atom stereocenters. The first-order chi connectivity index (χ1) is 11.2. The number of hydrogen-bond donors (Lipinski definition) is 0. The number of fused-ring (bicyclic) bond motifs is 2. The minimum Gasteiger partial charge on any atom is -0.486 e. The number of hydrogen-bond acceptors (Lipinski definition) is 5. The Morgan fingerprint density at radius 2 is 2.09 bits per heavy atom. The molecule has 0 spiro atoms. The van der Waals surface area contributed by atoms with Crippen LogP contribution < -0.4 is 4.74 Å². The number of rotatable bonds is 4. The van der Waals surface area contributed by atoms with E-state index in [-0.39, 0.29) is 5.78 Å². The van der Waals surface area contributed by atoms with Crippen molar-refractivity contribution in [1.82, 2.24) is 4.90 Å². The summed E-state index contributed by atoms with van der Waals surface area (Å²) in [6.45, 7) is 3.00. The molecule has 0 saturated heterocycles. The number of aliphatic imine (C=N–C) groups is 1. The van der Waals surface area contributed by atoms with E-state index in [1.165, 1.54) is 5.56 Å². The number of benzene rings is 1. The number of carbonyl (C=O) groups excluding carboxylic acids is 1. The Balaban J connectivity index is 1.45. The largest absolute Gasteiger partial charge is 0.486 e. The minimum atomic E-state index is 0.171. The molecule has 2 aliphatic heterocycles. The summed E-state index contributed by atoms with van der Waals surface area (Å²) in [7, 11) is 0. The quantitative estimate of drug-likeness (QED) is 0.858. The lowest BCUT2D eigenvalue weighted by atomic mass is 10.2. The maximum absolute atomic E-state index is 12.0. The smallest absolute Gasteiger partial charge is 0.302 e. The molecule has 3 aliphatic rings. The van der Waals surface area contributed by atoms with Crippen LogP contribution in [-0.2, 0) is 16.0 Å². The van der Waals surface area contributed by atoms with Gasteiger partial charge >= 0.3 is 6.02 Å². The van der Waals surface area contributed by atoms with Gasteiger partial charge in [-0.3, -0.25) is 9.69 Å². The number of aryl methyl sites for hydroxylation is 1. The van der Waals surface area contributed by atoms with Gasteiger partial charge in [-0.25, -0.2) is 4.99 Å². The number of amidine groups is 1. The van der Waals surface area contributed by atoms with Gasteiger partial charge in [-0.1, -0.05) is 19.1 Å². The number of allylic oxidation sites excluding steroid dienone is 1. The van der Waals surface area contributed by atoms with Gasteiger partial charge in [-0.05, 0) is 36.1 Å². The first-order valence-electron chi connectivity index (χ1n) is 7.94. The van der Waals surface area contributed by atoms with E-state index in [0.717, 1.165) is 29.9 Å². The summed E-state index contributed by atoms with van der Waals surface area (Å²) in [6.07, 6.45) is 4.21. The van der Waals surface area contributed by atoms with Crippen molar-refractivity contribution in [3.8, 4) is 5.75 Å². The van der Waals surface area contributed by atoms with Crippen LogP contribution in [0.2, 0.25) is 0 Å². The third-order valence-corrected chi connectivity index (χ3v) is 4.31. The van der Waals surface area contributed by atoms with Crippen molar-refractivity contribution in [2.45, 2.75) is 26.2 Å². The molecule has 1 aromatic rings. The first kappa shape index (κ1) is 14.1. The van der Waals surface area contributed by atoms with Gasteiger partial charge in [0.15, 0.2) is 11.5 Å². The van der Waals surface area contributed by atoms with E-state index in [9.17, 15) is 4.79 Å². The molecule has 0 radical (unpaired) electrons. The average Bonchev–Trinajstić information content (AvgIpc) is 3.16. The van der Waals surface area contributed by atoms with E-state index in [4.69, 9.17) is 9.47 Å². The molecule has 0 aromatic heterocycles. The highest BCUT2D eigenvalue weighted by Crippen LogP contribution is 2.33. The van der Waals surface area contributed by atoms with Gasteiger partial charge in [0, 0.05) is 6.42 Å². The van der Waals surface area contributed by atoms with Crippen LogP contribution in [0, 0.1) is 0 Å². The van der Waals surface area contributed by atoms with Crippen LogP contribution in [0.4, 0.5) is 0 Å². The first-order valence-corrected chi connectivity index (χ1v) is 7.94. The topological polar surface area (TPSA) is 51.1 Å². The van der Waals surface area contributed by atoms with Gasteiger partial charge in [0.2, 0.25) is 0 Å². The van der Waals surface area contributed by atoms with Crippen LogP contribution >= 0.6 is 0 Å². The van der Waals surface area contributed by atoms with Gasteiger partial charge in [-0.2, -0.15) is 0 Å². The Hall–Kier alpha value is -2.56. The minimum absolute atomic E-state index is 0.171. The average molecular weight is 310 g/mol. The lowest BCUT2D eigenvalue weighted by Gasteiger charge is -2.20. The second-order valence-corrected chi connectivity index (χ2v) is 5.83. The molecule has 0 N–H and O–H groups in total. The number of ketones is 1. The third kappa shape index (κ3) is 2.52. The molecular weight excluding hydrogens is 292 g/mol. The highest BCUT2D eigenvalue weighted by atomic mass is 16.5. The van der Waals surface area contributed by atoms with Crippen LogP contribution in [-0.4, -0.2) is 29.9 Å². The molecule has 0 unspecified atom stereocenters. The third-order valence-electron chi connectivity index (χ3n) is 4.31. The van der Waals surface area contributed by atoms with Gasteiger partial charge in [0.05, 0.1) is 18.4 Å². The summed E-state index contributed by atoms with van der Waals surface area (Å²) in [6, 6.07) is 8.52. The predicted molar refractivity (Wildman–Crippen MR) is 85.9 cm³/mol. The molecule has 0 amide bonds. The zero-order valence-corrected chi connectivity index (χ0v) is 13.0. The Morgan fingerprint density at radius 3 is 2.87 bits per heavy atom. The molecule has 118 valence electrons. The van der Waals surface area contributed by atoms with Crippen molar-refractivity contribution in [2.75, 3.05) is 13.2 Å². The number of carbonyl (C=O) groups is 1. The van der Waals surface area contributed by atoms with Gasteiger partial charge in [-0.15, -0.1) is 0 Å². The summed E-state index contributed by atoms with van der Waals surface area (Å²) in [4.78, 5) is 18.2. The summed E-state index contributed by atoms with van der Waals surface area (Å²) >= 11 is 0. The molecule has 1 aromatic carbocycles. The number of nitrogens with zero attached hydrogens (tertiary/aromatic N) is 2. The zero-order chi connectivity index (χ0) is 15.8. The van der Waals surface area contributed by atoms with Crippen LogP contribution in [0.15, 0.2) is 52.5 Å². The lowest BCUT2D eigenvalue weighted by Crippen LogP contribution is -2.29. The maximum atomic E-state index is 12.0. The van der Waals surface area contributed by atoms with Gasteiger partial charge in [0.1, 0.15) is 12.4 Å². The molecule has 5 heteroatoms. The van der Waals surface area contributed by atoms with E-state index in [0.29, 0.717) is 31.4 Å². The van der Waals surface area contributed by atoms with Crippen LogP contribution in [0.3, 0.4) is 0 Å². The predicted octanol–water partition coefficient (Wildman–Crippen LogP) is 2.79. The van der Waals surface area contributed by atoms with Crippen LogP contribution in [0.1, 0.15) is 25.3 Å². The molecule has 23 heavy (non-hydrogen) atoms. The normalized spacial score (nSPS) is 19.2. The van der Waals surface area contributed by atoms with Crippen molar-refractivity contribution in [1.29, 1.82) is 0 Å². The second-order valence-electron chi connectivity index (χ2n) is 5.83. The molecule has 2 heterocycles. The molecular formula is C18H18N2O3. The van der Waals surface area contributed by atoms with Crippen molar-refractivity contribution in [2.24, 2.45) is 4.99 Å². The Bertz CT molecular complexity index is 744. The second kappa shape index (κ2) is 5.57. The summed E-state index contributed by atoms with van der Waals surface area (Å²) < 4.78 is 11.5. The molecule has 1 aliphatic carbocycles. The fourth-order valence-corrected chi connectivity index (χ4v) is 3.02. The molecule has 5 nitrogen and oxygen atoms in total. The van der Waals surface area contributed by atoms with Crippen molar-refractivity contribution < 1.29 is 14.3 Å². The van der Waals surface area contributed by atoms with Gasteiger partial charge in [0.25, 0.3) is 0 Å². The van der Waals surface area contributed by atoms with E-state index in [2.05, 4.69) is 24.0 Å². The SMILES string of the molecule is CCc1ccc(OCC2=CN3C(=NCC4=C3C(=O)CC4)O2)cc1. The van der Waals surface area contributed by atoms with Crippen LogP contribution in [0.25, 0.3) is 0 Å².